The molecule has 1 amide bonds. The Morgan fingerprint density at radius 2 is 2.31 bits per heavy atom. The molecule has 5 heteroatoms. The lowest BCUT2D eigenvalue weighted by atomic mass is 10.3. The minimum absolute atomic E-state index is 0.0898. The maximum Gasteiger partial charge on any atom is 0.225 e. The number of thiazole rings is 1. The van der Waals surface area contributed by atoms with Gasteiger partial charge in [-0.3, -0.25) is 9.78 Å². The zero-order valence-electron chi connectivity index (χ0n) is 8.68. The molecule has 1 N–H and O–H groups in total. The first-order chi connectivity index (χ1) is 7.84. The van der Waals surface area contributed by atoms with Crippen LogP contribution in [0.3, 0.4) is 0 Å². The summed E-state index contributed by atoms with van der Waals surface area (Å²) in [7, 11) is 0. The fourth-order valence-electron chi connectivity index (χ4n) is 1.32. The number of rotatable bonds is 5. The van der Waals surface area contributed by atoms with Crippen molar-refractivity contribution in [2.45, 2.75) is 12.8 Å². The molecule has 2 heterocycles. The van der Waals surface area contributed by atoms with E-state index in [1.807, 2.05) is 29.2 Å². The van der Waals surface area contributed by atoms with E-state index in [1.165, 1.54) is 4.88 Å². The normalized spacial score (nSPS) is 10.2. The van der Waals surface area contributed by atoms with Gasteiger partial charge >= 0.3 is 0 Å². The summed E-state index contributed by atoms with van der Waals surface area (Å²) < 4.78 is 0. The molecule has 0 atom stereocenters. The zero-order valence-corrected chi connectivity index (χ0v) is 10.3. The van der Waals surface area contributed by atoms with E-state index < -0.39 is 0 Å². The highest BCUT2D eigenvalue weighted by Crippen LogP contribution is 2.09. The highest BCUT2D eigenvalue weighted by atomic mass is 32.1. The van der Waals surface area contributed by atoms with Crippen LogP contribution >= 0.6 is 22.7 Å². The molecule has 0 saturated carbocycles. The van der Waals surface area contributed by atoms with Crippen LogP contribution in [-0.2, 0) is 17.6 Å². The maximum absolute atomic E-state index is 11.5. The van der Waals surface area contributed by atoms with Crippen molar-refractivity contribution in [3.05, 3.63) is 39.0 Å². The molecule has 0 unspecified atom stereocenters. The molecule has 0 fully saturated rings. The van der Waals surface area contributed by atoms with Crippen LogP contribution in [0.5, 0.6) is 0 Å². The minimum atomic E-state index is 0.0898. The molecular weight excluding hydrogens is 240 g/mol. The van der Waals surface area contributed by atoms with Gasteiger partial charge < -0.3 is 5.32 Å². The van der Waals surface area contributed by atoms with Gasteiger partial charge in [0.25, 0.3) is 0 Å². The van der Waals surface area contributed by atoms with Crippen molar-refractivity contribution < 1.29 is 4.79 Å². The van der Waals surface area contributed by atoms with E-state index in [2.05, 4.69) is 10.3 Å². The van der Waals surface area contributed by atoms with Crippen molar-refractivity contribution in [1.82, 2.24) is 10.3 Å². The van der Waals surface area contributed by atoms with Crippen LogP contribution < -0.4 is 5.32 Å². The van der Waals surface area contributed by atoms with E-state index in [1.54, 1.807) is 22.7 Å². The minimum Gasteiger partial charge on any atom is -0.355 e. The predicted molar refractivity (Wildman–Crippen MR) is 66.9 cm³/mol. The Balaban J connectivity index is 1.68. The molecule has 0 aliphatic heterocycles. The van der Waals surface area contributed by atoms with Gasteiger partial charge in [-0.15, -0.1) is 22.7 Å². The van der Waals surface area contributed by atoms with E-state index >= 15 is 0 Å². The second kappa shape index (κ2) is 5.77. The van der Waals surface area contributed by atoms with Crippen LogP contribution in [0, 0.1) is 0 Å². The van der Waals surface area contributed by atoms with Gasteiger partial charge in [-0.25, -0.2) is 0 Å². The van der Waals surface area contributed by atoms with Crippen LogP contribution in [0.15, 0.2) is 29.2 Å². The molecule has 0 bridgehead atoms. The van der Waals surface area contributed by atoms with Gasteiger partial charge in [0.2, 0.25) is 5.91 Å². The van der Waals surface area contributed by atoms with E-state index in [0.29, 0.717) is 13.0 Å². The Hall–Kier alpha value is -1.20. The van der Waals surface area contributed by atoms with Gasteiger partial charge in [-0.05, 0) is 11.4 Å². The summed E-state index contributed by atoms with van der Waals surface area (Å²) in [6.45, 7) is 0.687. The van der Waals surface area contributed by atoms with Crippen molar-refractivity contribution in [1.29, 1.82) is 0 Å². The van der Waals surface area contributed by atoms with Crippen LogP contribution in [-0.4, -0.2) is 17.4 Å². The summed E-state index contributed by atoms with van der Waals surface area (Å²) in [6, 6.07) is 3.94. The van der Waals surface area contributed by atoms with Gasteiger partial charge in [0.05, 0.1) is 11.9 Å². The summed E-state index contributed by atoms with van der Waals surface area (Å²) in [5, 5.41) is 4.89. The summed E-state index contributed by atoms with van der Waals surface area (Å²) in [5.74, 6) is 0.0898. The quantitative estimate of drug-likeness (QED) is 0.885. The topological polar surface area (TPSA) is 42.0 Å². The first-order valence-corrected chi connectivity index (χ1v) is 6.77. The van der Waals surface area contributed by atoms with Crippen molar-refractivity contribution in [3.63, 3.8) is 0 Å². The summed E-state index contributed by atoms with van der Waals surface area (Å²) in [4.78, 5) is 17.8. The fourth-order valence-corrected chi connectivity index (χ4v) is 2.63. The molecule has 2 aromatic heterocycles. The van der Waals surface area contributed by atoms with E-state index in [9.17, 15) is 4.79 Å². The second-order valence-electron chi connectivity index (χ2n) is 3.32. The molecule has 0 radical (unpaired) electrons. The Labute approximate surface area is 102 Å². The summed E-state index contributed by atoms with van der Waals surface area (Å²) in [5.41, 5.74) is 1.81. The van der Waals surface area contributed by atoms with Crippen molar-refractivity contribution in [2.24, 2.45) is 0 Å². The van der Waals surface area contributed by atoms with Gasteiger partial charge in [-0.2, -0.15) is 0 Å². The molecule has 0 saturated heterocycles. The maximum atomic E-state index is 11.5. The average molecular weight is 252 g/mol. The highest BCUT2D eigenvalue weighted by Gasteiger charge is 2.03. The van der Waals surface area contributed by atoms with E-state index in [0.717, 1.165) is 11.3 Å². The zero-order chi connectivity index (χ0) is 11.2. The fraction of sp³-hybridized carbons (Fsp3) is 0.273. The van der Waals surface area contributed by atoms with Crippen LogP contribution in [0.1, 0.15) is 9.75 Å². The standard InChI is InChI=1S/C11H12N2OS2/c14-11(6-9-2-1-5-15-9)13-4-3-10-7-12-8-16-10/h1-2,5,7-8H,3-4,6H2,(H,13,14). The van der Waals surface area contributed by atoms with Gasteiger partial charge in [0.15, 0.2) is 0 Å². The summed E-state index contributed by atoms with van der Waals surface area (Å²) in [6.07, 6.45) is 3.19. The van der Waals surface area contributed by atoms with Crippen molar-refractivity contribution in [2.75, 3.05) is 6.54 Å². The van der Waals surface area contributed by atoms with E-state index in [4.69, 9.17) is 0 Å². The number of nitrogens with one attached hydrogen (secondary N) is 1. The van der Waals surface area contributed by atoms with Gasteiger partial charge in [0, 0.05) is 28.9 Å². The largest absolute Gasteiger partial charge is 0.355 e. The third-order valence-electron chi connectivity index (χ3n) is 2.09. The van der Waals surface area contributed by atoms with E-state index in [-0.39, 0.29) is 5.91 Å². The first kappa shape index (κ1) is 11.3. The monoisotopic (exact) mass is 252 g/mol. The van der Waals surface area contributed by atoms with Gasteiger partial charge in [0.1, 0.15) is 0 Å². The SMILES string of the molecule is O=C(Cc1cccs1)NCCc1cncs1. The number of nitrogens with zero attached hydrogens (tertiary/aromatic N) is 1. The number of carbonyl (C=O) groups excluding carboxylic acids is 1. The molecule has 0 aliphatic carbocycles. The van der Waals surface area contributed by atoms with Crippen LogP contribution in [0.2, 0.25) is 0 Å². The molecule has 0 spiro atoms. The molecule has 0 aromatic carbocycles. The third kappa shape index (κ3) is 3.43. The predicted octanol–water partition coefficient (Wildman–Crippen LogP) is 2.11. The Morgan fingerprint density at radius 3 is 3.00 bits per heavy atom. The lowest BCUT2D eigenvalue weighted by molar-refractivity contribution is -0.120. The molecule has 3 nitrogen and oxygen atoms in total. The molecular formula is C11H12N2OS2. The number of aromatic nitrogens is 1. The second-order valence-corrected chi connectivity index (χ2v) is 5.33. The first-order valence-electron chi connectivity index (χ1n) is 5.01. The Bertz CT molecular complexity index is 423. The number of amides is 1. The molecule has 2 aromatic rings. The Morgan fingerprint density at radius 1 is 1.38 bits per heavy atom. The number of thiophene rings is 1. The van der Waals surface area contributed by atoms with Crippen molar-refractivity contribution in [3.8, 4) is 0 Å². The molecule has 16 heavy (non-hydrogen) atoms. The summed E-state index contributed by atoms with van der Waals surface area (Å²) >= 11 is 3.23. The number of carbonyl (C=O) groups is 1. The van der Waals surface area contributed by atoms with Crippen LogP contribution in [0.25, 0.3) is 0 Å². The third-order valence-corrected chi connectivity index (χ3v) is 3.81. The number of hydrogen-bond acceptors (Lipinski definition) is 4. The smallest absolute Gasteiger partial charge is 0.225 e. The molecule has 0 aliphatic rings. The number of hydrogen-bond donors (Lipinski definition) is 1. The van der Waals surface area contributed by atoms with Gasteiger partial charge in [-0.1, -0.05) is 6.07 Å². The average Bonchev–Trinajstić information content (AvgIpc) is 2.90. The lowest BCUT2D eigenvalue weighted by Crippen LogP contribution is -2.26. The lowest BCUT2D eigenvalue weighted by Gasteiger charge is -2.02. The Kier molecular flexibility index (Phi) is 4.07. The molecule has 84 valence electrons. The van der Waals surface area contributed by atoms with Crippen molar-refractivity contribution >= 4 is 28.6 Å². The highest BCUT2D eigenvalue weighted by molar-refractivity contribution is 7.10. The molecule has 2 rings (SSSR count). The van der Waals surface area contributed by atoms with Crippen LogP contribution in [0.4, 0.5) is 0 Å².